The van der Waals surface area contributed by atoms with Crippen molar-refractivity contribution in [1.29, 1.82) is 0 Å². The van der Waals surface area contributed by atoms with E-state index in [1.54, 1.807) is 0 Å². The minimum absolute atomic E-state index is 0.138. The van der Waals surface area contributed by atoms with E-state index in [4.69, 9.17) is 5.73 Å². The van der Waals surface area contributed by atoms with Crippen LogP contribution in [0.4, 0.5) is 0 Å². The smallest absolute Gasteiger partial charge is 0.231 e. The van der Waals surface area contributed by atoms with Gasteiger partial charge >= 0.3 is 0 Å². The largest absolute Gasteiger partial charge is 0.369 e. The zero-order valence-electron chi connectivity index (χ0n) is 9.43. The van der Waals surface area contributed by atoms with Crippen LogP contribution >= 0.6 is 0 Å². The summed E-state index contributed by atoms with van der Waals surface area (Å²) in [6, 6.07) is 10.2. The third-order valence-electron chi connectivity index (χ3n) is 3.35. The maximum atomic E-state index is 11.6. The summed E-state index contributed by atoms with van der Waals surface area (Å²) in [6.07, 6.45) is 3.54. The molecule has 0 aliphatic carbocycles. The summed E-state index contributed by atoms with van der Waals surface area (Å²) in [5, 5.41) is 2.27. The minimum Gasteiger partial charge on any atom is -0.369 e. The molecule has 1 aromatic rings. The van der Waals surface area contributed by atoms with Gasteiger partial charge in [0, 0.05) is 6.42 Å². The molecule has 2 rings (SSSR count). The topological polar surface area (TPSA) is 59.7 Å². The van der Waals surface area contributed by atoms with E-state index in [0.29, 0.717) is 6.04 Å². The first-order valence-electron chi connectivity index (χ1n) is 5.96. The predicted octanol–water partition coefficient (Wildman–Crippen LogP) is 0.371. The van der Waals surface area contributed by atoms with Crippen molar-refractivity contribution in [1.82, 2.24) is 0 Å². The Labute approximate surface area is 96.0 Å². The molecule has 1 fully saturated rings. The number of piperidine rings is 1. The predicted molar refractivity (Wildman–Crippen MR) is 62.8 cm³/mol. The molecule has 1 amide bonds. The van der Waals surface area contributed by atoms with Gasteiger partial charge in [0.05, 0.1) is 6.54 Å². The third kappa shape index (κ3) is 2.42. The third-order valence-corrected chi connectivity index (χ3v) is 3.35. The molecule has 16 heavy (non-hydrogen) atoms. The standard InChI is InChI=1S/C13H18N2O/c14-13(16)12(10-6-2-1-3-7-10)11-8-4-5-9-15-11/h1-3,6-7,11-12,15H,4-5,8-9H2,(H2,14,16)/p+1/t11-,12-/m0/s1. The number of carbonyl (C=O) groups is 1. The summed E-state index contributed by atoms with van der Waals surface area (Å²) in [5.74, 6) is -0.337. The van der Waals surface area contributed by atoms with Crippen molar-refractivity contribution in [2.24, 2.45) is 5.73 Å². The number of benzene rings is 1. The summed E-state index contributed by atoms with van der Waals surface area (Å²) in [6.45, 7) is 1.11. The molecule has 86 valence electrons. The Morgan fingerprint density at radius 2 is 2.06 bits per heavy atom. The number of primary amides is 1. The van der Waals surface area contributed by atoms with E-state index in [0.717, 1.165) is 18.5 Å². The fourth-order valence-electron chi connectivity index (χ4n) is 2.56. The van der Waals surface area contributed by atoms with Gasteiger partial charge in [0.1, 0.15) is 12.0 Å². The van der Waals surface area contributed by atoms with Gasteiger partial charge in [-0.25, -0.2) is 0 Å². The molecule has 1 heterocycles. The van der Waals surface area contributed by atoms with Gasteiger partial charge in [-0.05, 0) is 18.4 Å². The summed E-state index contributed by atoms with van der Waals surface area (Å²) < 4.78 is 0. The summed E-state index contributed by atoms with van der Waals surface area (Å²) in [5.41, 5.74) is 6.59. The van der Waals surface area contributed by atoms with Crippen molar-refractivity contribution < 1.29 is 10.1 Å². The van der Waals surface area contributed by atoms with Crippen molar-refractivity contribution in [2.75, 3.05) is 6.54 Å². The van der Waals surface area contributed by atoms with Crippen molar-refractivity contribution in [3.63, 3.8) is 0 Å². The molecule has 4 N–H and O–H groups in total. The van der Waals surface area contributed by atoms with Gasteiger partial charge in [-0.15, -0.1) is 0 Å². The summed E-state index contributed by atoms with van der Waals surface area (Å²) in [7, 11) is 0. The van der Waals surface area contributed by atoms with Crippen LogP contribution in [0.5, 0.6) is 0 Å². The summed E-state index contributed by atoms with van der Waals surface area (Å²) in [4.78, 5) is 11.6. The van der Waals surface area contributed by atoms with Crippen molar-refractivity contribution in [3.8, 4) is 0 Å². The van der Waals surface area contributed by atoms with E-state index >= 15 is 0 Å². The Bertz CT molecular complexity index is 344. The molecule has 2 atom stereocenters. The molecule has 0 saturated carbocycles. The minimum atomic E-state index is -0.200. The molecule has 1 aromatic carbocycles. The maximum Gasteiger partial charge on any atom is 0.231 e. The van der Waals surface area contributed by atoms with Gasteiger partial charge in [-0.1, -0.05) is 30.3 Å². The monoisotopic (exact) mass is 219 g/mol. The highest BCUT2D eigenvalue weighted by Gasteiger charge is 2.32. The number of hydrogen-bond acceptors (Lipinski definition) is 1. The van der Waals surface area contributed by atoms with Crippen LogP contribution < -0.4 is 11.1 Å². The van der Waals surface area contributed by atoms with Gasteiger partial charge in [0.2, 0.25) is 5.91 Å². The van der Waals surface area contributed by atoms with Crippen LogP contribution in [-0.2, 0) is 4.79 Å². The van der Waals surface area contributed by atoms with E-state index in [9.17, 15) is 4.79 Å². The second kappa shape index (κ2) is 5.12. The number of carbonyl (C=O) groups excluding carboxylic acids is 1. The second-order valence-corrected chi connectivity index (χ2v) is 4.47. The first kappa shape index (κ1) is 11.1. The molecule has 1 saturated heterocycles. The lowest BCUT2D eigenvalue weighted by atomic mass is 9.86. The van der Waals surface area contributed by atoms with Gasteiger partial charge < -0.3 is 11.1 Å². The first-order valence-corrected chi connectivity index (χ1v) is 5.96. The van der Waals surface area contributed by atoms with Crippen molar-refractivity contribution in [3.05, 3.63) is 35.9 Å². The highest BCUT2D eigenvalue weighted by Crippen LogP contribution is 2.21. The summed E-state index contributed by atoms with van der Waals surface area (Å²) >= 11 is 0. The van der Waals surface area contributed by atoms with Crippen LogP contribution in [0.2, 0.25) is 0 Å². The van der Waals surface area contributed by atoms with Gasteiger partial charge in [-0.2, -0.15) is 0 Å². The first-order chi connectivity index (χ1) is 7.79. The molecule has 0 aromatic heterocycles. The number of amides is 1. The fraction of sp³-hybridized carbons (Fsp3) is 0.462. The number of nitrogens with two attached hydrogens (primary N) is 2. The zero-order valence-corrected chi connectivity index (χ0v) is 9.43. The molecule has 0 radical (unpaired) electrons. The van der Waals surface area contributed by atoms with E-state index in [2.05, 4.69) is 5.32 Å². The molecule has 1 aliphatic heterocycles. The van der Waals surface area contributed by atoms with Gasteiger partial charge in [0.15, 0.2) is 0 Å². The van der Waals surface area contributed by atoms with E-state index in [1.807, 2.05) is 30.3 Å². The van der Waals surface area contributed by atoms with Crippen LogP contribution in [0.3, 0.4) is 0 Å². The van der Waals surface area contributed by atoms with Crippen LogP contribution in [0.15, 0.2) is 30.3 Å². The zero-order chi connectivity index (χ0) is 11.4. The van der Waals surface area contributed by atoms with Crippen LogP contribution in [0.25, 0.3) is 0 Å². The lowest BCUT2D eigenvalue weighted by Gasteiger charge is -2.26. The molecule has 1 aliphatic rings. The number of rotatable bonds is 3. The van der Waals surface area contributed by atoms with E-state index in [-0.39, 0.29) is 11.8 Å². The van der Waals surface area contributed by atoms with Crippen LogP contribution in [-0.4, -0.2) is 18.5 Å². The molecule has 0 bridgehead atoms. The quantitative estimate of drug-likeness (QED) is 0.758. The Kier molecular flexibility index (Phi) is 3.57. The Balaban J connectivity index is 2.20. The average Bonchev–Trinajstić information content (AvgIpc) is 2.31. The van der Waals surface area contributed by atoms with Gasteiger partial charge in [-0.3, -0.25) is 4.79 Å². The van der Waals surface area contributed by atoms with Crippen molar-refractivity contribution >= 4 is 5.91 Å². The van der Waals surface area contributed by atoms with Crippen LogP contribution in [0, 0.1) is 0 Å². The lowest BCUT2D eigenvalue weighted by Crippen LogP contribution is -2.92. The normalized spacial score (nSPS) is 22.6. The fourth-order valence-corrected chi connectivity index (χ4v) is 2.56. The highest BCUT2D eigenvalue weighted by molar-refractivity contribution is 5.82. The SMILES string of the molecule is NC(=O)[C@@H](c1ccccc1)[C@@H]1CCCC[NH2+]1. The van der Waals surface area contributed by atoms with E-state index < -0.39 is 0 Å². The van der Waals surface area contributed by atoms with Crippen LogP contribution in [0.1, 0.15) is 30.7 Å². The van der Waals surface area contributed by atoms with Crippen molar-refractivity contribution in [2.45, 2.75) is 31.2 Å². The average molecular weight is 219 g/mol. The Morgan fingerprint density at radius 1 is 1.31 bits per heavy atom. The second-order valence-electron chi connectivity index (χ2n) is 4.47. The maximum absolute atomic E-state index is 11.6. The Morgan fingerprint density at radius 3 is 2.62 bits per heavy atom. The van der Waals surface area contributed by atoms with Gasteiger partial charge in [0.25, 0.3) is 0 Å². The van der Waals surface area contributed by atoms with E-state index in [1.165, 1.54) is 12.8 Å². The molecule has 3 nitrogen and oxygen atoms in total. The lowest BCUT2D eigenvalue weighted by molar-refractivity contribution is -0.698. The number of quaternary nitrogens is 1. The molecular formula is C13H19N2O+. The molecule has 0 spiro atoms. The Hall–Kier alpha value is -1.35. The molecule has 0 unspecified atom stereocenters. The highest BCUT2D eigenvalue weighted by atomic mass is 16.1. The number of hydrogen-bond donors (Lipinski definition) is 2. The molecular weight excluding hydrogens is 200 g/mol. The molecule has 3 heteroatoms.